The van der Waals surface area contributed by atoms with Gasteiger partial charge in [0, 0.05) is 16.1 Å². The predicted molar refractivity (Wildman–Crippen MR) is 134 cm³/mol. The molecule has 1 heterocycles. The van der Waals surface area contributed by atoms with E-state index in [-0.39, 0.29) is 17.0 Å². The first-order valence-electron chi connectivity index (χ1n) is 10.8. The van der Waals surface area contributed by atoms with Crippen LogP contribution < -0.4 is 19.7 Å². The first kappa shape index (κ1) is 27.3. The second-order valence-electron chi connectivity index (χ2n) is 7.88. The number of nitrogens with one attached hydrogen (secondary N) is 1. The van der Waals surface area contributed by atoms with Crippen molar-refractivity contribution in [3.63, 3.8) is 0 Å². The monoisotopic (exact) mass is 605 g/mol. The minimum atomic E-state index is -4.82. The number of alkyl halides is 3. The average Bonchev–Trinajstić information content (AvgIpc) is 2.87. The van der Waals surface area contributed by atoms with Crippen molar-refractivity contribution in [2.24, 2.45) is 0 Å². The molecule has 10 nitrogen and oxygen atoms in total. The highest BCUT2D eigenvalue weighted by Gasteiger charge is 2.37. The third-order valence-corrected chi connectivity index (χ3v) is 5.90. The summed E-state index contributed by atoms with van der Waals surface area (Å²) in [7, 11) is 1.43. The summed E-state index contributed by atoms with van der Waals surface area (Å²) >= 11 is 3.24. The largest absolute Gasteiger partial charge is 0.497 e. The molecule has 1 fully saturated rings. The molecular weight excluding hydrogens is 591 g/mol. The Morgan fingerprint density at radius 2 is 1.67 bits per heavy atom. The number of methoxy groups -OCH3 is 1. The topological polar surface area (TPSA) is 128 Å². The molecule has 1 aliphatic heterocycles. The molecule has 0 saturated carbocycles. The van der Waals surface area contributed by atoms with Gasteiger partial charge in [0.25, 0.3) is 11.8 Å². The van der Waals surface area contributed by atoms with Crippen molar-refractivity contribution in [3.8, 4) is 17.2 Å². The summed E-state index contributed by atoms with van der Waals surface area (Å²) in [6.07, 6.45) is -3.73. The van der Waals surface area contributed by atoms with Crippen LogP contribution in [-0.4, -0.2) is 29.9 Å². The number of nitro groups is 1. The quantitative estimate of drug-likeness (QED) is 0.162. The molecule has 0 atom stereocenters. The Hall–Kier alpha value is -4.72. The number of amides is 4. The summed E-state index contributed by atoms with van der Waals surface area (Å²) < 4.78 is 50.3. The van der Waals surface area contributed by atoms with E-state index in [1.54, 1.807) is 0 Å². The molecule has 0 spiro atoms. The van der Waals surface area contributed by atoms with Gasteiger partial charge in [0.15, 0.2) is 0 Å². The lowest BCUT2D eigenvalue weighted by Crippen LogP contribution is -2.54. The van der Waals surface area contributed by atoms with Gasteiger partial charge in [-0.05, 0) is 60.7 Å². The standard InChI is InChI=1S/C25H15BrF3N3O7/c1-38-17-6-4-16(5-7-17)31-23(34)18(22(33)30-24(31)35)11-13-10-15(26)3-9-20(13)39-21-8-2-14(25(27,28)29)12-19(21)32(36)37/h2-12H,1H3,(H,30,33,35)/b18-11+. The molecule has 0 radical (unpaired) electrons. The van der Waals surface area contributed by atoms with Crippen molar-refractivity contribution in [2.45, 2.75) is 6.18 Å². The summed E-state index contributed by atoms with van der Waals surface area (Å²) in [4.78, 5) is 49.5. The lowest BCUT2D eigenvalue weighted by molar-refractivity contribution is -0.385. The third kappa shape index (κ3) is 5.75. The van der Waals surface area contributed by atoms with Crippen molar-refractivity contribution >= 4 is 51.2 Å². The minimum Gasteiger partial charge on any atom is -0.497 e. The summed E-state index contributed by atoms with van der Waals surface area (Å²) in [6, 6.07) is 10.9. The van der Waals surface area contributed by atoms with Gasteiger partial charge in [0.05, 0.1) is 23.3 Å². The molecule has 0 bridgehead atoms. The second kappa shape index (κ2) is 10.6. The normalized spacial score (nSPS) is 14.8. The molecule has 4 rings (SSSR count). The molecule has 200 valence electrons. The van der Waals surface area contributed by atoms with E-state index >= 15 is 0 Å². The molecule has 1 N–H and O–H groups in total. The van der Waals surface area contributed by atoms with Crippen LogP contribution in [0.4, 0.5) is 29.3 Å². The van der Waals surface area contributed by atoms with Crippen LogP contribution in [0.5, 0.6) is 17.2 Å². The zero-order valence-corrected chi connectivity index (χ0v) is 21.2. The Morgan fingerprint density at radius 1 is 1.00 bits per heavy atom. The number of nitrogens with zero attached hydrogens (tertiary/aromatic N) is 2. The van der Waals surface area contributed by atoms with E-state index < -0.39 is 51.5 Å². The van der Waals surface area contributed by atoms with Crippen molar-refractivity contribution in [2.75, 3.05) is 12.0 Å². The smallest absolute Gasteiger partial charge is 0.416 e. The number of ether oxygens (including phenoxy) is 2. The number of hydrogen-bond donors (Lipinski definition) is 1. The van der Waals surface area contributed by atoms with Gasteiger partial charge in [-0.2, -0.15) is 13.2 Å². The van der Waals surface area contributed by atoms with Gasteiger partial charge in [0.2, 0.25) is 5.75 Å². The maximum atomic E-state index is 13.2. The van der Waals surface area contributed by atoms with Crippen molar-refractivity contribution in [1.29, 1.82) is 0 Å². The number of barbiturate groups is 1. The molecule has 0 unspecified atom stereocenters. The van der Waals surface area contributed by atoms with E-state index in [1.807, 2.05) is 0 Å². The van der Waals surface area contributed by atoms with Gasteiger partial charge in [-0.3, -0.25) is 25.0 Å². The van der Waals surface area contributed by atoms with Gasteiger partial charge >= 0.3 is 17.9 Å². The maximum absolute atomic E-state index is 13.2. The van der Waals surface area contributed by atoms with Crippen molar-refractivity contribution in [3.05, 3.63) is 92.0 Å². The van der Waals surface area contributed by atoms with E-state index in [4.69, 9.17) is 9.47 Å². The third-order valence-electron chi connectivity index (χ3n) is 5.41. The number of nitro benzene ring substituents is 1. The molecule has 3 aromatic rings. The Kier molecular flexibility index (Phi) is 7.40. The number of benzene rings is 3. The minimum absolute atomic E-state index is 0.0566. The summed E-state index contributed by atoms with van der Waals surface area (Å²) in [6.45, 7) is 0. The van der Waals surface area contributed by atoms with E-state index in [2.05, 4.69) is 21.2 Å². The second-order valence-corrected chi connectivity index (χ2v) is 8.79. The van der Waals surface area contributed by atoms with Crippen LogP contribution in [0, 0.1) is 10.1 Å². The van der Waals surface area contributed by atoms with Crippen molar-refractivity contribution in [1.82, 2.24) is 5.32 Å². The number of hydrogen-bond acceptors (Lipinski definition) is 7. The molecule has 0 aromatic heterocycles. The number of urea groups is 1. The number of carbonyl (C=O) groups is 3. The molecule has 39 heavy (non-hydrogen) atoms. The fraction of sp³-hybridized carbons (Fsp3) is 0.0800. The van der Waals surface area contributed by atoms with Gasteiger partial charge in [0.1, 0.15) is 17.1 Å². The van der Waals surface area contributed by atoms with Gasteiger partial charge < -0.3 is 9.47 Å². The molecule has 3 aromatic carbocycles. The van der Waals surface area contributed by atoms with Crippen LogP contribution in [-0.2, 0) is 15.8 Å². The Bertz CT molecular complexity index is 1540. The lowest BCUT2D eigenvalue weighted by Gasteiger charge is -2.26. The number of imide groups is 2. The van der Waals surface area contributed by atoms with Crippen LogP contribution in [0.15, 0.2) is 70.7 Å². The Balaban J connectivity index is 1.75. The van der Waals surface area contributed by atoms with Crippen LogP contribution in [0.25, 0.3) is 6.08 Å². The molecule has 1 aliphatic rings. The highest BCUT2D eigenvalue weighted by Crippen LogP contribution is 2.39. The number of carbonyl (C=O) groups excluding carboxylic acids is 3. The number of halogens is 4. The number of anilines is 1. The molecule has 0 aliphatic carbocycles. The van der Waals surface area contributed by atoms with Crippen molar-refractivity contribution < 1.29 is 42.0 Å². The fourth-order valence-corrected chi connectivity index (χ4v) is 3.92. The van der Waals surface area contributed by atoms with Crippen LogP contribution >= 0.6 is 15.9 Å². The maximum Gasteiger partial charge on any atom is 0.416 e. The molecule has 1 saturated heterocycles. The first-order chi connectivity index (χ1) is 18.4. The van der Waals surface area contributed by atoms with E-state index in [9.17, 15) is 37.7 Å². The first-order valence-corrected chi connectivity index (χ1v) is 11.6. The molecular formula is C25H15BrF3N3O7. The summed E-state index contributed by atoms with van der Waals surface area (Å²) in [5.41, 5.74) is -2.47. The average molecular weight is 606 g/mol. The lowest BCUT2D eigenvalue weighted by atomic mass is 10.1. The fourth-order valence-electron chi connectivity index (χ4n) is 3.54. The molecule has 14 heteroatoms. The highest BCUT2D eigenvalue weighted by molar-refractivity contribution is 9.10. The zero-order chi connectivity index (χ0) is 28.5. The van der Waals surface area contributed by atoms with Gasteiger partial charge in [-0.25, -0.2) is 9.69 Å². The Morgan fingerprint density at radius 3 is 2.28 bits per heavy atom. The summed E-state index contributed by atoms with van der Waals surface area (Å²) in [5.74, 6) is -2.16. The zero-order valence-electron chi connectivity index (χ0n) is 19.6. The van der Waals surface area contributed by atoms with E-state index in [1.165, 1.54) is 49.6 Å². The highest BCUT2D eigenvalue weighted by atomic mass is 79.9. The summed E-state index contributed by atoms with van der Waals surface area (Å²) in [5, 5.41) is 13.5. The van der Waals surface area contributed by atoms with E-state index in [0.29, 0.717) is 22.4 Å². The van der Waals surface area contributed by atoms with Crippen LogP contribution in [0.2, 0.25) is 0 Å². The van der Waals surface area contributed by atoms with Gasteiger partial charge in [-0.15, -0.1) is 0 Å². The Labute approximate surface area is 225 Å². The molecule has 4 amide bonds. The van der Waals surface area contributed by atoms with E-state index in [0.717, 1.165) is 17.0 Å². The predicted octanol–water partition coefficient (Wildman–Crippen LogP) is 5.84. The number of rotatable bonds is 6. The van der Waals surface area contributed by atoms with Gasteiger partial charge in [-0.1, -0.05) is 15.9 Å². The van der Waals surface area contributed by atoms with Crippen LogP contribution in [0.1, 0.15) is 11.1 Å². The SMILES string of the molecule is COc1ccc(N2C(=O)NC(=O)/C(=C\c3cc(Br)ccc3Oc3ccc(C(F)(F)F)cc3[N+](=O)[O-])C2=O)cc1. The van der Waals surface area contributed by atoms with Crippen LogP contribution in [0.3, 0.4) is 0 Å².